The predicted octanol–water partition coefficient (Wildman–Crippen LogP) is 3.76. The first-order valence-corrected chi connectivity index (χ1v) is 8.16. The largest absolute Gasteiger partial charge is 0.449 e. The van der Waals surface area contributed by atoms with Crippen molar-refractivity contribution in [3.8, 4) is 6.07 Å². The number of para-hydroxylation sites is 1. The van der Waals surface area contributed by atoms with E-state index < -0.39 is 12.1 Å². The number of amides is 1. The number of benzene rings is 2. The van der Waals surface area contributed by atoms with Crippen molar-refractivity contribution in [2.75, 3.05) is 5.32 Å². The second-order valence-electron chi connectivity index (χ2n) is 5.90. The normalized spacial score (nSPS) is 11.6. The van der Waals surface area contributed by atoms with Gasteiger partial charge in [-0.25, -0.2) is 4.79 Å². The van der Waals surface area contributed by atoms with Gasteiger partial charge in [0.2, 0.25) is 0 Å². The Morgan fingerprint density at radius 2 is 1.73 bits per heavy atom. The summed E-state index contributed by atoms with van der Waals surface area (Å²) in [4.78, 5) is 24.2. The molecule has 0 saturated heterocycles. The molecule has 0 aromatic heterocycles. The van der Waals surface area contributed by atoms with Gasteiger partial charge < -0.3 is 10.1 Å². The molecule has 1 atom stereocenters. The van der Waals surface area contributed by atoms with Gasteiger partial charge in [-0.05, 0) is 55.7 Å². The fraction of sp³-hybridized carbons (Fsp3) is 0.190. The Hall–Kier alpha value is -3.39. The molecule has 0 aliphatic rings. The number of hydrogen-bond donors (Lipinski definition) is 1. The number of nitrogens with zero attached hydrogens (tertiary/aromatic N) is 1. The van der Waals surface area contributed by atoms with Gasteiger partial charge in [0.25, 0.3) is 5.91 Å². The molecule has 5 heteroatoms. The number of esters is 1. The van der Waals surface area contributed by atoms with E-state index in [1.165, 1.54) is 13.0 Å². The molecule has 0 saturated carbocycles. The van der Waals surface area contributed by atoms with Crippen LogP contribution in [-0.4, -0.2) is 18.0 Å². The highest BCUT2D eigenvalue weighted by molar-refractivity contribution is 5.97. The lowest BCUT2D eigenvalue weighted by Gasteiger charge is -2.15. The molecule has 0 spiro atoms. The maximum absolute atomic E-state index is 12.3. The summed E-state index contributed by atoms with van der Waals surface area (Å²) >= 11 is 0. The van der Waals surface area contributed by atoms with Gasteiger partial charge in [0, 0.05) is 11.8 Å². The molecule has 0 unspecified atom stereocenters. The maximum atomic E-state index is 12.3. The van der Waals surface area contributed by atoms with Crippen LogP contribution in [0, 0.1) is 25.2 Å². The van der Waals surface area contributed by atoms with Gasteiger partial charge in [-0.15, -0.1) is 0 Å². The van der Waals surface area contributed by atoms with Crippen LogP contribution < -0.4 is 5.32 Å². The number of carbonyl (C=O) groups excluding carboxylic acids is 2. The van der Waals surface area contributed by atoms with Crippen LogP contribution >= 0.6 is 0 Å². The molecule has 2 rings (SSSR count). The van der Waals surface area contributed by atoms with E-state index in [0.717, 1.165) is 22.4 Å². The smallest absolute Gasteiger partial charge is 0.331 e. The molecule has 5 nitrogen and oxygen atoms in total. The zero-order chi connectivity index (χ0) is 19.1. The number of hydrogen-bond acceptors (Lipinski definition) is 4. The number of nitrogens with one attached hydrogen (secondary N) is 1. The third kappa shape index (κ3) is 5.05. The van der Waals surface area contributed by atoms with Crippen molar-refractivity contribution in [1.82, 2.24) is 0 Å². The summed E-state index contributed by atoms with van der Waals surface area (Å²) in [6.07, 6.45) is 1.90. The zero-order valence-corrected chi connectivity index (χ0v) is 14.9. The van der Waals surface area contributed by atoms with Crippen molar-refractivity contribution >= 4 is 23.6 Å². The number of nitriles is 1. The number of rotatable bonds is 5. The van der Waals surface area contributed by atoms with E-state index in [-0.39, 0.29) is 5.91 Å². The zero-order valence-electron chi connectivity index (χ0n) is 14.9. The fourth-order valence-electron chi connectivity index (χ4n) is 2.34. The van der Waals surface area contributed by atoms with E-state index >= 15 is 0 Å². The first-order valence-electron chi connectivity index (χ1n) is 8.16. The van der Waals surface area contributed by atoms with Crippen LogP contribution in [0.25, 0.3) is 6.08 Å². The number of aryl methyl sites for hydroxylation is 2. The Morgan fingerprint density at radius 1 is 1.12 bits per heavy atom. The third-order valence-corrected chi connectivity index (χ3v) is 3.84. The summed E-state index contributed by atoms with van der Waals surface area (Å²) in [6, 6.07) is 14.5. The van der Waals surface area contributed by atoms with Gasteiger partial charge in [-0.3, -0.25) is 4.79 Å². The first kappa shape index (κ1) is 18.9. The molecule has 0 aliphatic carbocycles. The molecular weight excluding hydrogens is 328 g/mol. The first-order chi connectivity index (χ1) is 12.4. The SMILES string of the molecule is Cc1cccc(C)c1NC(=O)[C@@H](C)OC(=O)/C=C/c1ccc(C#N)cc1. The van der Waals surface area contributed by atoms with E-state index in [4.69, 9.17) is 10.00 Å². The van der Waals surface area contributed by atoms with Crippen molar-refractivity contribution in [1.29, 1.82) is 5.26 Å². The van der Waals surface area contributed by atoms with Gasteiger partial charge >= 0.3 is 5.97 Å². The van der Waals surface area contributed by atoms with Crippen LogP contribution in [0.4, 0.5) is 5.69 Å². The Morgan fingerprint density at radius 3 is 2.31 bits per heavy atom. The standard InChI is InChI=1S/C21H20N2O3/c1-14-5-4-6-15(2)20(14)23-21(25)16(3)26-19(24)12-11-17-7-9-18(13-22)10-8-17/h4-12,16H,1-3H3,(H,23,25)/b12-11+/t16-/m1/s1. The average Bonchev–Trinajstić information content (AvgIpc) is 2.63. The van der Waals surface area contributed by atoms with Crippen molar-refractivity contribution in [3.05, 3.63) is 70.8 Å². The third-order valence-electron chi connectivity index (χ3n) is 3.84. The van der Waals surface area contributed by atoms with Crippen LogP contribution in [0.2, 0.25) is 0 Å². The number of ether oxygens (including phenoxy) is 1. The number of carbonyl (C=O) groups is 2. The van der Waals surface area contributed by atoms with Crippen LogP contribution in [-0.2, 0) is 14.3 Å². The molecule has 26 heavy (non-hydrogen) atoms. The van der Waals surface area contributed by atoms with Crippen LogP contribution in [0.5, 0.6) is 0 Å². The number of anilines is 1. The van der Waals surface area contributed by atoms with E-state index in [2.05, 4.69) is 5.32 Å². The Kier molecular flexibility index (Phi) is 6.29. The van der Waals surface area contributed by atoms with Gasteiger partial charge in [-0.2, -0.15) is 5.26 Å². The molecule has 0 heterocycles. The van der Waals surface area contributed by atoms with Crippen LogP contribution in [0.1, 0.15) is 29.2 Å². The van der Waals surface area contributed by atoms with Crippen molar-refractivity contribution in [2.45, 2.75) is 26.9 Å². The second kappa shape index (κ2) is 8.63. The minimum Gasteiger partial charge on any atom is -0.449 e. The summed E-state index contributed by atoms with van der Waals surface area (Å²) in [5.74, 6) is -0.999. The highest BCUT2D eigenvalue weighted by atomic mass is 16.5. The highest BCUT2D eigenvalue weighted by Crippen LogP contribution is 2.19. The van der Waals surface area contributed by atoms with Crippen LogP contribution in [0.3, 0.4) is 0 Å². The van der Waals surface area contributed by atoms with Gasteiger partial charge in [0.1, 0.15) is 0 Å². The molecule has 132 valence electrons. The Labute approximate surface area is 152 Å². The Balaban J connectivity index is 1.94. The molecule has 0 radical (unpaired) electrons. The second-order valence-corrected chi connectivity index (χ2v) is 5.90. The summed E-state index contributed by atoms with van der Waals surface area (Å²) in [5, 5.41) is 11.6. The van der Waals surface area contributed by atoms with E-state index in [1.54, 1.807) is 30.3 Å². The lowest BCUT2D eigenvalue weighted by atomic mass is 10.1. The molecule has 0 fully saturated rings. The Bertz CT molecular complexity index is 857. The minimum absolute atomic E-state index is 0.387. The maximum Gasteiger partial charge on any atom is 0.331 e. The summed E-state index contributed by atoms with van der Waals surface area (Å²) in [7, 11) is 0. The molecule has 2 aromatic rings. The molecule has 1 amide bonds. The minimum atomic E-state index is -0.924. The topological polar surface area (TPSA) is 79.2 Å². The average molecular weight is 348 g/mol. The van der Waals surface area contributed by atoms with Crippen molar-refractivity contribution in [3.63, 3.8) is 0 Å². The fourth-order valence-corrected chi connectivity index (χ4v) is 2.34. The van der Waals surface area contributed by atoms with E-state index in [1.807, 2.05) is 38.1 Å². The molecule has 1 N–H and O–H groups in total. The lowest BCUT2D eigenvalue weighted by Crippen LogP contribution is -2.30. The summed E-state index contributed by atoms with van der Waals surface area (Å²) < 4.78 is 5.14. The lowest BCUT2D eigenvalue weighted by molar-refractivity contribution is -0.148. The van der Waals surface area contributed by atoms with E-state index in [0.29, 0.717) is 5.56 Å². The summed E-state index contributed by atoms with van der Waals surface area (Å²) in [6.45, 7) is 5.33. The van der Waals surface area contributed by atoms with E-state index in [9.17, 15) is 9.59 Å². The summed E-state index contributed by atoms with van der Waals surface area (Å²) in [5.41, 5.74) is 3.92. The molecule has 0 bridgehead atoms. The van der Waals surface area contributed by atoms with Gasteiger partial charge in [0.15, 0.2) is 6.10 Å². The van der Waals surface area contributed by atoms with Crippen molar-refractivity contribution in [2.24, 2.45) is 0 Å². The molecule has 0 aliphatic heterocycles. The predicted molar refractivity (Wildman–Crippen MR) is 100 cm³/mol. The van der Waals surface area contributed by atoms with Gasteiger partial charge in [-0.1, -0.05) is 30.3 Å². The van der Waals surface area contributed by atoms with Crippen LogP contribution in [0.15, 0.2) is 48.5 Å². The highest BCUT2D eigenvalue weighted by Gasteiger charge is 2.18. The quantitative estimate of drug-likeness (QED) is 0.659. The molecule has 2 aromatic carbocycles. The van der Waals surface area contributed by atoms with Gasteiger partial charge in [0.05, 0.1) is 11.6 Å². The molecular formula is C21H20N2O3. The van der Waals surface area contributed by atoms with Crippen molar-refractivity contribution < 1.29 is 14.3 Å². The monoisotopic (exact) mass is 348 g/mol.